The zero-order valence-electron chi connectivity index (χ0n) is 12.5. The van der Waals surface area contributed by atoms with Gasteiger partial charge in [0.1, 0.15) is 11.5 Å². The van der Waals surface area contributed by atoms with Crippen LogP contribution in [0.25, 0.3) is 5.00 Å². The average Bonchev–Trinajstić information content (AvgIpc) is 3.07. The highest BCUT2D eigenvalue weighted by Crippen LogP contribution is 2.33. The molecule has 2 aromatic heterocycles. The lowest BCUT2D eigenvalue weighted by molar-refractivity contribution is 0.837. The summed E-state index contributed by atoms with van der Waals surface area (Å²) in [5.41, 5.74) is 8.83. The van der Waals surface area contributed by atoms with Crippen LogP contribution in [0.2, 0.25) is 5.02 Å². The van der Waals surface area contributed by atoms with E-state index in [0.717, 1.165) is 33.5 Å². The van der Waals surface area contributed by atoms with Crippen molar-refractivity contribution in [2.75, 3.05) is 0 Å². The van der Waals surface area contributed by atoms with E-state index in [-0.39, 0.29) is 0 Å². The molecule has 0 spiro atoms. The molecule has 0 saturated heterocycles. The van der Waals surface area contributed by atoms with Gasteiger partial charge in [-0.3, -0.25) is 9.56 Å². The van der Waals surface area contributed by atoms with Crippen LogP contribution in [-0.4, -0.2) is 20.5 Å². The van der Waals surface area contributed by atoms with Gasteiger partial charge < -0.3 is 5.73 Å². The van der Waals surface area contributed by atoms with Crippen LogP contribution in [0.5, 0.6) is 0 Å². The van der Waals surface area contributed by atoms with Crippen LogP contribution in [0.3, 0.4) is 0 Å². The predicted octanol–water partition coefficient (Wildman–Crippen LogP) is 3.10. The van der Waals surface area contributed by atoms with E-state index in [9.17, 15) is 0 Å². The predicted molar refractivity (Wildman–Crippen MR) is 92.7 cm³/mol. The number of benzene rings is 1. The van der Waals surface area contributed by atoms with Gasteiger partial charge in [0.25, 0.3) is 0 Å². The molecule has 3 aromatic rings. The molecule has 7 heteroatoms. The summed E-state index contributed by atoms with van der Waals surface area (Å²) in [6.07, 6.45) is 0. The number of nitrogens with two attached hydrogens (primary N) is 1. The van der Waals surface area contributed by atoms with Crippen molar-refractivity contribution in [3.8, 4) is 5.00 Å². The Hall–Kier alpha value is -2.02. The largest absolute Gasteiger partial charge is 0.324 e. The number of nitrogens with zero attached hydrogens (tertiary/aromatic N) is 4. The molecule has 116 valence electrons. The van der Waals surface area contributed by atoms with Gasteiger partial charge in [0.05, 0.1) is 12.3 Å². The lowest BCUT2D eigenvalue weighted by atomic mass is 10.0. The summed E-state index contributed by atoms with van der Waals surface area (Å²) in [4.78, 5) is 5.98. The maximum atomic E-state index is 6.16. The summed E-state index contributed by atoms with van der Waals surface area (Å²) < 4.78 is 2.04. The number of halogens is 1. The minimum atomic E-state index is 0.343. The number of aliphatic imine (C=N–C) groups is 1. The summed E-state index contributed by atoms with van der Waals surface area (Å²) in [6, 6.07) is 9.92. The Bertz CT molecular complexity index is 924. The second-order valence-electron chi connectivity index (χ2n) is 5.32. The Kier molecular flexibility index (Phi) is 3.52. The molecular formula is C16H14ClN5S. The molecule has 0 saturated carbocycles. The highest BCUT2D eigenvalue weighted by Gasteiger charge is 2.24. The molecule has 1 aliphatic heterocycles. The van der Waals surface area contributed by atoms with Crippen molar-refractivity contribution >= 4 is 28.6 Å². The summed E-state index contributed by atoms with van der Waals surface area (Å²) in [5, 5.41) is 10.2. The minimum absolute atomic E-state index is 0.343. The first-order chi connectivity index (χ1) is 11.2. The lowest BCUT2D eigenvalue weighted by Gasteiger charge is -2.08. The Morgan fingerprint density at radius 1 is 1.30 bits per heavy atom. The summed E-state index contributed by atoms with van der Waals surface area (Å²) in [7, 11) is 0. The molecule has 0 unspecified atom stereocenters. The van der Waals surface area contributed by atoms with Gasteiger partial charge in [-0.05, 0) is 25.1 Å². The fourth-order valence-corrected chi connectivity index (χ4v) is 4.02. The summed E-state index contributed by atoms with van der Waals surface area (Å²) >= 11 is 7.85. The van der Waals surface area contributed by atoms with Crippen molar-refractivity contribution < 1.29 is 0 Å². The Morgan fingerprint density at radius 2 is 2.17 bits per heavy atom. The molecule has 0 atom stereocenters. The standard InChI is InChI=1S/C16H14ClN5S/c1-9-5-12-15(10-3-2-4-11(17)6-10)19-8-14-21-20-13(7-18)22(14)16(12)23-9/h2-6H,7-8,18H2,1H3. The number of hydrogen-bond acceptors (Lipinski definition) is 5. The number of hydrogen-bond donors (Lipinski definition) is 1. The van der Waals surface area contributed by atoms with Crippen molar-refractivity contribution in [1.29, 1.82) is 0 Å². The van der Waals surface area contributed by atoms with Gasteiger partial charge in [0.15, 0.2) is 11.6 Å². The fourth-order valence-electron chi connectivity index (χ4n) is 2.78. The van der Waals surface area contributed by atoms with Gasteiger partial charge in [-0.15, -0.1) is 21.5 Å². The monoisotopic (exact) mass is 343 g/mol. The molecular weight excluding hydrogens is 330 g/mol. The van der Waals surface area contributed by atoms with Crippen LogP contribution in [0, 0.1) is 6.92 Å². The number of fused-ring (bicyclic) bond motifs is 3. The van der Waals surface area contributed by atoms with Crippen molar-refractivity contribution in [2.45, 2.75) is 20.0 Å². The first-order valence-electron chi connectivity index (χ1n) is 7.22. The van der Waals surface area contributed by atoms with Gasteiger partial charge in [-0.1, -0.05) is 23.7 Å². The van der Waals surface area contributed by atoms with Crippen molar-refractivity contribution in [3.63, 3.8) is 0 Å². The minimum Gasteiger partial charge on any atom is -0.324 e. The molecule has 2 N–H and O–H groups in total. The molecule has 3 heterocycles. The van der Waals surface area contributed by atoms with Crippen LogP contribution >= 0.6 is 22.9 Å². The molecule has 4 rings (SSSR count). The second-order valence-corrected chi connectivity index (χ2v) is 6.99. The zero-order chi connectivity index (χ0) is 16.0. The molecule has 0 radical (unpaired) electrons. The second kappa shape index (κ2) is 5.56. The van der Waals surface area contributed by atoms with Crippen molar-refractivity contribution in [1.82, 2.24) is 14.8 Å². The molecule has 1 aromatic carbocycles. The highest BCUT2D eigenvalue weighted by atomic mass is 35.5. The topological polar surface area (TPSA) is 69.1 Å². The Balaban J connectivity index is 1.96. The van der Waals surface area contributed by atoms with E-state index in [1.54, 1.807) is 11.3 Å². The average molecular weight is 344 g/mol. The number of aryl methyl sites for hydroxylation is 1. The van der Waals surface area contributed by atoms with Gasteiger partial charge >= 0.3 is 0 Å². The lowest BCUT2D eigenvalue weighted by Crippen LogP contribution is -2.09. The Labute approximate surface area is 142 Å². The highest BCUT2D eigenvalue weighted by molar-refractivity contribution is 7.15. The molecule has 0 amide bonds. The van der Waals surface area contributed by atoms with Crippen molar-refractivity contribution in [2.24, 2.45) is 10.7 Å². The molecule has 0 aliphatic carbocycles. The third-order valence-corrected chi connectivity index (χ3v) is 5.02. The van der Waals surface area contributed by atoms with Crippen LogP contribution < -0.4 is 5.73 Å². The van der Waals surface area contributed by atoms with Crippen LogP contribution in [0.4, 0.5) is 0 Å². The molecule has 0 fully saturated rings. The first-order valence-corrected chi connectivity index (χ1v) is 8.41. The molecule has 1 aliphatic rings. The Morgan fingerprint density at radius 3 is 2.96 bits per heavy atom. The van der Waals surface area contributed by atoms with E-state index in [4.69, 9.17) is 22.3 Å². The van der Waals surface area contributed by atoms with E-state index < -0.39 is 0 Å². The third kappa shape index (κ3) is 2.39. The number of rotatable bonds is 2. The van der Waals surface area contributed by atoms with Gasteiger partial charge in [0, 0.05) is 21.0 Å². The third-order valence-electron chi connectivity index (χ3n) is 3.75. The van der Waals surface area contributed by atoms with Gasteiger partial charge in [0.2, 0.25) is 0 Å². The van der Waals surface area contributed by atoms with Crippen LogP contribution in [0.1, 0.15) is 27.7 Å². The van der Waals surface area contributed by atoms with Gasteiger partial charge in [-0.25, -0.2) is 0 Å². The van der Waals surface area contributed by atoms with E-state index in [0.29, 0.717) is 18.1 Å². The van der Waals surface area contributed by atoms with E-state index in [1.165, 1.54) is 4.88 Å². The maximum absolute atomic E-state index is 6.16. The van der Waals surface area contributed by atoms with Crippen molar-refractivity contribution in [3.05, 3.63) is 63.0 Å². The van der Waals surface area contributed by atoms with E-state index in [1.807, 2.05) is 28.8 Å². The SMILES string of the molecule is Cc1cc2c(s1)-n1c(CN)nnc1CN=C2c1cccc(Cl)c1. The normalized spacial score (nSPS) is 13.3. The summed E-state index contributed by atoms with van der Waals surface area (Å²) in [6.45, 7) is 2.90. The van der Waals surface area contributed by atoms with Crippen LogP contribution in [-0.2, 0) is 13.1 Å². The van der Waals surface area contributed by atoms with E-state index in [2.05, 4.69) is 23.2 Å². The van der Waals surface area contributed by atoms with E-state index >= 15 is 0 Å². The molecule has 5 nitrogen and oxygen atoms in total. The molecule has 23 heavy (non-hydrogen) atoms. The summed E-state index contributed by atoms with van der Waals surface area (Å²) in [5.74, 6) is 1.57. The maximum Gasteiger partial charge on any atom is 0.160 e. The number of thiophene rings is 1. The number of aromatic nitrogens is 3. The fraction of sp³-hybridized carbons (Fsp3) is 0.188. The zero-order valence-corrected chi connectivity index (χ0v) is 14.0. The molecule has 0 bridgehead atoms. The smallest absolute Gasteiger partial charge is 0.160 e. The van der Waals surface area contributed by atoms with Gasteiger partial charge in [-0.2, -0.15) is 0 Å². The first kappa shape index (κ1) is 14.6. The van der Waals surface area contributed by atoms with Crippen LogP contribution in [0.15, 0.2) is 35.3 Å². The quantitative estimate of drug-likeness (QED) is 0.777.